The Morgan fingerprint density at radius 1 is 0.837 bits per heavy atom. The zero-order valence-electron chi connectivity index (χ0n) is 24.5. The third kappa shape index (κ3) is 8.34. The summed E-state index contributed by atoms with van der Waals surface area (Å²) < 4.78 is 10.7. The molecule has 43 heavy (non-hydrogen) atoms. The molecule has 4 N–H and O–H groups in total. The number of anilines is 1. The van der Waals surface area contributed by atoms with E-state index in [1.54, 1.807) is 45.0 Å². The standard InChI is InChI=1S/C33H37N3O7/c1-33(2,3)43-32(41)35-27-17-9-8-16-25(27)29(37)34-19-11-10-18-28(30(38)39)36-31(40)42-20-26-23-14-6-4-12-21(23)22-13-5-7-15-24(22)26/h4-9,12-17,26,28H,10-11,18-20H2,1-3H3,(H,34,37)(H,35,41)(H,36,40)(H,38,39)/t28-/m0/s1. The molecule has 0 aliphatic heterocycles. The molecule has 0 bridgehead atoms. The van der Waals surface area contributed by atoms with Crippen LogP contribution in [-0.2, 0) is 14.3 Å². The molecule has 1 aliphatic rings. The summed E-state index contributed by atoms with van der Waals surface area (Å²) in [6, 6.07) is 21.4. The molecular weight excluding hydrogens is 550 g/mol. The summed E-state index contributed by atoms with van der Waals surface area (Å²) in [6.45, 7) is 5.59. The molecule has 0 spiro atoms. The van der Waals surface area contributed by atoms with Crippen LogP contribution in [0, 0.1) is 0 Å². The average Bonchev–Trinajstić information content (AvgIpc) is 3.28. The van der Waals surface area contributed by atoms with E-state index in [9.17, 15) is 24.3 Å². The number of para-hydroxylation sites is 1. The highest BCUT2D eigenvalue weighted by Crippen LogP contribution is 2.44. The van der Waals surface area contributed by atoms with Gasteiger partial charge in [-0.2, -0.15) is 0 Å². The molecular formula is C33H37N3O7. The number of rotatable bonds is 11. The van der Waals surface area contributed by atoms with Crippen LogP contribution in [0.4, 0.5) is 15.3 Å². The fourth-order valence-electron chi connectivity index (χ4n) is 5.01. The van der Waals surface area contributed by atoms with Crippen LogP contribution in [0.1, 0.15) is 67.4 Å². The maximum atomic E-state index is 12.7. The molecule has 3 aromatic rings. The van der Waals surface area contributed by atoms with Crippen molar-refractivity contribution >= 4 is 29.8 Å². The minimum absolute atomic E-state index is 0.0858. The summed E-state index contributed by atoms with van der Waals surface area (Å²) in [5.41, 5.74) is 4.24. The molecule has 226 valence electrons. The van der Waals surface area contributed by atoms with Crippen molar-refractivity contribution in [2.75, 3.05) is 18.5 Å². The lowest BCUT2D eigenvalue weighted by molar-refractivity contribution is -0.139. The zero-order chi connectivity index (χ0) is 31.0. The molecule has 0 radical (unpaired) electrons. The first-order chi connectivity index (χ1) is 20.5. The number of carbonyl (C=O) groups excluding carboxylic acids is 3. The SMILES string of the molecule is CC(C)(C)OC(=O)Nc1ccccc1C(=O)NCCCC[C@H](NC(=O)OCC1c2ccccc2-c2ccccc21)C(=O)O. The summed E-state index contributed by atoms with van der Waals surface area (Å²) in [7, 11) is 0. The van der Waals surface area contributed by atoms with Crippen molar-refractivity contribution in [2.45, 2.75) is 57.6 Å². The van der Waals surface area contributed by atoms with Crippen LogP contribution in [0.5, 0.6) is 0 Å². The van der Waals surface area contributed by atoms with E-state index in [2.05, 4.69) is 16.0 Å². The van der Waals surface area contributed by atoms with Crippen LogP contribution >= 0.6 is 0 Å². The highest BCUT2D eigenvalue weighted by atomic mass is 16.6. The number of hydrogen-bond donors (Lipinski definition) is 4. The summed E-state index contributed by atoms with van der Waals surface area (Å²) >= 11 is 0. The molecule has 0 unspecified atom stereocenters. The number of carbonyl (C=O) groups is 4. The molecule has 0 saturated heterocycles. The Morgan fingerprint density at radius 2 is 1.44 bits per heavy atom. The number of fused-ring (bicyclic) bond motifs is 3. The van der Waals surface area contributed by atoms with E-state index in [1.165, 1.54) is 0 Å². The van der Waals surface area contributed by atoms with Gasteiger partial charge in [0, 0.05) is 12.5 Å². The average molecular weight is 588 g/mol. The number of aliphatic carboxylic acids is 1. The van der Waals surface area contributed by atoms with Crippen LogP contribution in [0.3, 0.4) is 0 Å². The highest BCUT2D eigenvalue weighted by Gasteiger charge is 2.29. The number of carboxylic acids is 1. The second-order valence-corrected chi connectivity index (χ2v) is 11.3. The molecule has 0 aromatic heterocycles. The molecule has 3 aromatic carbocycles. The lowest BCUT2D eigenvalue weighted by Gasteiger charge is -2.20. The maximum Gasteiger partial charge on any atom is 0.412 e. The summed E-state index contributed by atoms with van der Waals surface area (Å²) in [5, 5.41) is 17.5. The number of carboxylic acid groups (broad SMARTS) is 1. The van der Waals surface area contributed by atoms with Gasteiger partial charge in [-0.1, -0.05) is 60.7 Å². The van der Waals surface area contributed by atoms with Crippen molar-refractivity contribution in [3.8, 4) is 11.1 Å². The Morgan fingerprint density at radius 3 is 2.07 bits per heavy atom. The van der Waals surface area contributed by atoms with E-state index >= 15 is 0 Å². The van der Waals surface area contributed by atoms with Gasteiger partial charge < -0.3 is 25.2 Å². The molecule has 0 saturated carbocycles. The number of alkyl carbamates (subject to hydrolysis) is 1. The number of amides is 3. The summed E-state index contributed by atoms with van der Waals surface area (Å²) in [4.78, 5) is 49.3. The number of benzene rings is 3. The number of unbranched alkanes of at least 4 members (excludes halogenated alkanes) is 1. The Labute approximate surface area is 250 Å². The van der Waals surface area contributed by atoms with Gasteiger partial charge in [0.15, 0.2) is 0 Å². The number of ether oxygens (including phenoxy) is 2. The van der Waals surface area contributed by atoms with E-state index < -0.39 is 35.7 Å². The monoisotopic (exact) mass is 587 g/mol. The molecule has 10 nitrogen and oxygen atoms in total. The Hall–Kier alpha value is -4.86. The minimum Gasteiger partial charge on any atom is -0.480 e. The highest BCUT2D eigenvalue weighted by molar-refractivity contribution is 6.02. The first-order valence-electron chi connectivity index (χ1n) is 14.2. The van der Waals surface area contributed by atoms with Gasteiger partial charge in [0.05, 0.1) is 11.3 Å². The smallest absolute Gasteiger partial charge is 0.412 e. The van der Waals surface area contributed by atoms with E-state index in [1.807, 2.05) is 48.5 Å². The van der Waals surface area contributed by atoms with Gasteiger partial charge >= 0.3 is 18.2 Å². The fraction of sp³-hybridized carbons (Fsp3) is 0.333. The van der Waals surface area contributed by atoms with Crippen molar-refractivity contribution in [1.82, 2.24) is 10.6 Å². The largest absolute Gasteiger partial charge is 0.480 e. The Balaban J connectivity index is 1.22. The summed E-state index contributed by atoms with van der Waals surface area (Å²) in [6.07, 6.45) is -0.401. The van der Waals surface area contributed by atoms with Crippen LogP contribution < -0.4 is 16.0 Å². The van der Waals surface area contributed by atoms with E-state index in [4.69, 9.17) is 9.47 Å². The number of hydrogen-bond acceptors (Lipinski definition) is 6. The minimum atomic E-state index is -1.17. The van der Waals surface area contributed by atoms with Gasteiger partial charge in [-0.15, -0.1) is 0 Å². The van der Waals surface area contributed by atoms with E-state index in [0.717, 1.165) is 22.3 Å². The van der Waals surface area contributed by atoms with Gasteiger partial charge in [0.2, 0.25) is 0 Å². The molecule has 4 rings (SSSR count). The number of nitrogens with one attached hydrogen (secondary N) is 3. The first kappa shape index (κ1) is 31.1. The molecule has 10 heteroatoms. The second kappa shape index (κ2) is 13.9. The van der Waals surface area contributed by atoms with Crippen molar-refractivity contribution in [1.29, 1.82) is 0 Å². The van der Waals surface area contributed by atoms with Gasteiger partial charge in [0.25, 0.3) is 5.91 Å². The van der Waals surface area contributed by atoms with Gasteiger partial charge in [-0.05, 0) is 74.4 Å². The van der Waals surface area contributed by atoms with E-state index in [-0.39, 0.29) is 31.1 Å². The maximum absolute atomic E-state index is 12.7. The van der Waals surface area contributed by atoms with Crippen LogP contribution in [-0.4, -0.2) is 54.0 Å². The normalized spacial score (nSPS) is 12.8. The van der Waals surface area contributed by atoms with Crippen LogP contribution in [0.2, 0.25) is 0 Å². The lowest BCUT2D eigenvalue weighted by atomic mass is 9.98. The Bertz CT molecular complexity index is 1440. The fourth-order valence-corrected chi connectivity index (χ4v) is 5.01. The predicted octanol–water partition coefficient (Wildman–Crippen LogP) is 5.93. The third-order valence-corrected chi connectivity index (χ3v) is 6.95. The van der Waals surface area contributed by atoms with Crippen molar-refractivity contribution in [3.63, 3.8) is 0 Å². The van der Waals surface area contributed by atoms with Crippen LogP contribution in [0.25, 0.3) is 11.1 Å². The van der Waals surface area contributed by atoms with Gasteiger partial charge in [-0.25, -0.2) is 14.4 Å². The Kier molecular flexibility index (Phi) is 10.0. The molecule has 1 atom stereocenters. The zero-order valence-corrected chi connectivity index (χ0v) is 24.5. The van der Waals surface area contributed by atoms with Crippen molar-refractivity contribution in [2.24, 2.45) is 0 Å². The molecule has 0 heterocycles. The predicted molar refractivity (Wildman–Crippen MR) is 162 cm³/mol. The summed E-state index contributed by atoms with van der Waals surface area (Å²) in [5.74, 6) is -1.69. The first-order valence-corrected chi connectivity index (χ1v) is 14.2. The van der Waals surface area contributed by atoms with Crippen LogP contribution in [0.15, 0.2) is 72.8 Å². The molecule has 1 aliphatic carbocycles. The molecule has 3 amide bonds. The van der Waals surface area contributed by atoms with Crippen molar-refractivity contribution < 1.29 is 33.8 Å². The third-order valence-electron chi connectivity index (χ3n) is 6.95. The second-order valence-electron chi connectivity index (χ2n) is 11.3. The quantitative estimate of drug-likeness (QED) is 0.204. The van der Waals surface area contributed by atoms with Gasteiger partial charge in [0.1, 0.15) is 18.2 Å². The lowest BCUT2D eigenvalue weighted by Crippen LogP contribution is -2.41. The van der Waals surface area contributed by atoms with Gasteiger partial charge in [-0.3, -0.25) is 10.1 Å². The topological polar surface area (TPSA) is 143 Å². The molecule has 0 fully saturated rings. The van der Waals surface area contributed by atoms with E-state index in [0.29, 0.717) is 18.5 Å². The van der Waals surface area contributed by atoms with Crippen molar-refractivity contribution in [3.05, 3.63) is 89.5 Å².